The van der Waals surface area contributed by atoms with Gasteiger partial charge < -0.3 is 15.2 Å². The van der Waals surface area contributed by atoms with Gasteiger partial charge in [0.15, 0.2) is 0 Å². The zero-order valence-electron chi connectivity index (χ0n) is 11.6. The first kappa shape index (κ1) is 14.9. The average molecular weight is 281 g/mol. The summed E-state index contributed by atoms with van der Waals surface area (Å²) in [5, 5.41) is 0. The maximum Gasteiger partial charge on any atom is 0.317 e. The number of hydrogen-bond donors (Lipinski definition) is 1. The van der Waals surface area contributed by atoms with Crippen molar-refractivity contribution in [1.82, 2.24) is 0 Å². The Morgan fingerprint density at radius 1 is 1.60 bits per heavy atom. The molecule has 2 unspecified atom stereocenters. The zero-order chi connectivity index (χ0) is 14.6. The van der Waals surface area contributed by atoms with Crippen molar-refractivity contribution in [1.29, 1.82) is 0 Å². The Bertz CT molecular complexity index is 474. The molecule has 1 aliphatic heterocycles. The van der Waals surface area contributed by atoms with Crippen LogP contribution in [0.3, 0.4) is 0 Å². The van der Waals surface area contributed by atoms with Crippen molar-refractivity contribution >= 4 is 5.97 Å². The molecule has 0 aliphatic carbocycles. The Labute approximate surface area is 118 Å². The largest absolute Gasteiger partial charge is 0.468 e. The van der Waals surface area contributed by atoms with Crippen LogP contribution in [0, 0.1) is 11.7 Å². The normalized spacial score (nSPS) is 21.4. The molecule has 2 rings (SSSR count). The standard InChI is InChI=1S/C15H20FNO3/c1-19-14(18)15(10-17,8-11-5-6-20-9-11)12-3-2-4-13(16)7-12/h2-4,7,11H,5-6,8-10,17H2,1H3. The highest BCUT2D eigenvalue weighted by Gasteiger charge is 2.43. The molecule has 2 N–H and O–H groups in total. The number of methoxy groups -OCH3 is 1. The lowest BCUT2D eigenvalue weighted by molar-refractivity contribution is -0.148. The summed E-state index contributed by atoms with van der Waals surface area (Å²) in [5.74, 6) is -0.565. The fourth-order valence-corrected chi connectivity index (χ4v) is 2.82. The van der Waals surface area contributed by atoms with Gasteiger partial charge in [0.05, 0.1) is 7.11 Å². The van der Waals surface area contributed by atoms with Crippen LogP contribution in [-0.2, 0) is 19.7 Å². The number of esters is 1. The van der Waals surface area contributed by atoms with E-state index in [1.165, 1.54) is 19.2 Å². The lowest BCUT2D eigenvalue weighted by atomic mass is 9.73. The summed E-state index contributed by atoms with van der Waals surface area (Å²) in [6, 6.07) is 6.02. The second-order valence-electron chi connectivity index (χ2n) is 5.22. The van der Waals surface area contributed by atoms with E-state index in [-0.39, 0.29) is 18.3 Å². The summed E-state index contributed by atoms with van der Waals surface area (Å²) in [4.78, 5) is 12.3. The number of carbonyl (C=O) groups excluding carboxylic acids is 1. The van der Waals surface area contributed by atoms with Crippen LogP contribution in [0.5, 0.6) is 0 Å². The minimum absolute atomic E-state index is 0.0830. The summed E-state index contributed by atoms with van der Waals surface area (Å²) in [6.45, 7) is 1.38. The number of hydrogen-bond acceptors (Lipinski definition) is 4. The van der Waals surface area contributed by atoms with E-state index >= 15 is 0 Å². The number of carbonyl (C=O) groups is 1. The van der Waals surface area contributed by atoms with Crippen molar-refractivity contribution in [3.8, 4) is 0 Å². The van der Waals surface area contributed by atoms with Crippen molar-refractivity contribution in [2.75, 3.05) is 26.9 Å². The number of halogens is 1. The van der Waals surface area contributed by atoms with E-state index in [0.29, 0.717) is 25.2 Å². The molecule has 1 saturated heterocycles. The molecule has 0 aromatic heterocycles. The SMILES string of the molecule is COC(=O)C(CN)(CC1CCOC1)c1cccc(F)c1. The van der Waals surface area contributed by atoms with Gasteiger partial charge >= 0.3 is 5.97 Å². The number of benzene rings is 1. The van der Waals surface area contributed by atoms with E-state index in [4.69, 9.17) is 15.2 Å². The van der Waals surface area contributed by atoms with Gasteiger partial charge in [-0.05, 0) is 36.5 Å². The minimum Gasteiger partial charge on any atom is -0.468 e. The lowest BCUT2D eigenvalue weighted by Crippen LogP contribution is -2.45. The zero-order valence-corrected chi connectivity index (χ0v) is 11.6. The Morgan fingerprint density at radius 3 is 2.95 bits per heavy atom. The van der Waals surface area contributed by atoms with Crippen LogP contribution < -0.4 is 5.73 Å². The summed E-state index contributed by atoms with van der Waals surface area (Å²) < 4.78 is 23.8. The van der Waals surface area contributed by atoms with Crippen molar-refractivity contribution in [2.24, 2.45) is 11.7 Å². The van der Waals surface area contributed by atoms with Gasteiger partial charge in [0, 0.05) is 19.8 Å². The van der Waals surface area contributed by atoms with Gasteiger partial charge in [0.1, 0.15) is 11.2 Å². The Kier molecular flexibility index (Phi) is 4.73. The third-order valence-corrected chi connectivity index (χ3v) is 3.96. The maximum absolute atomic E-state index is 13.5. The molecule has 1 aliphatic rings. The Balaban J connectivity index is 2.38. The Morgan fingerprint density at radius 2 is 2.40 bits per heavy atom. The monoisotopic (exact) mass is 281 g/mol. The van der Waals surface area contributed by atoms with Gasteiger partial charge in [-0.15, -0.1) is 0 Å². The van der Waals surface area contributed by atoms with Crippen molar-refractivity contribution in [3.63, 3.8) is 0 Å². The second kappa shape index (κ2) is 6.33. The van der Waals surface area contributed by atoms with Crippen LogP contribution in [0.4, 0.5) is 4.39 Å². The fourth-order valence-electron chi connectivity index (χ4n) is 2.82. The van der Waals surface area contributed by atoms with Gasteiger partial charge in [-0.2, -0.15) is 0 Å². The van der Waals surface area contributed by atoms with E-state index in [2.05, 4.69) is 0 Å². The van der Waals surface area contributed by atoms with Crippen molar-refractivity contribution in [2.45, 2.75) is 18.3 Å². The summed E-state index contributed by atoms with van der Waals surface area (Å²) in [5.41, 5.74) is 5.44. The molecule has 2 atom stereocenters. The van der Waals surface area contributed by atoms with Gasteiger partial charge in [-0.25, -0.2) is 4.39 Å². The molecule has 1 heterocycles. The van der Waals surface area contributed by atoms with Gasteiger partial charge in [-0.3, -0.25) is 4.79 Å². The topological polar surface area (TPSA) is 61.5 Å². The minimum atomic E-state index is -1.00. The molecule has 0 amide bonds. The Hall–Kier alpha value is -1.46. The van der Waals surface area contributed by atoms with E-state index in [1.54, 1.807) is 12.1 Å². The maximum atomic E-state index is 13.5. The molecule has 4 nitrogen and oxygen atoms in total. The molecule has 0 radical (unpaired) electrons. The second-order valence-corrected chi connectivity index (χ2v) is 5.22. The smallest absolute Gasteiger partial charge is 0.317 e. The predicted molar refractivity (Wildman–Crippen MR) is 72.7 cm³/mol. The highest BCUT2D eigenvalue weighted by atomic mass is 19.1. The van der Waals surface area contributed by atoms with Crippen LogP contribution in [0.2, 0.25) is 0 Å². The first-order valence-electron chi connectivity index (χ1n) is 6.74. The highest BCUT2D eigenvalue weighted by Crippen LogP contribution is 2.35. The molecule has 0 bridgehead atoms. The van der Waals surface area contributed by atoms with Crippen LogP contribution >= 0.6 is 0 Å². The van der Waals surface area contributed by atoms with Crippen LogP contribution in [0.1, 0.15) is 18.4 Å². The molecule has 0 saturated carbocycles. The molecule has 1 aromatic rings. The number of ether oxygens (including phenoxy) is 2. The van der Waals surface area contributed by atoms with Crippen LogP contribution in [0.25, 0.3) is 0 Å². The molecular weight excluding hydrogens is 261 g/mol. The van der Waals surface area contributed by atoms with Crippen molar-refractivity contribution < 1.29 is 18.7 Å². The average Bonchev–Trinajstić information content (AvgIpc) is 2.96. The van der Waals surface area contributed by atoms with Crippen molar-refractivity contribution in [3.05, 3.63) is 35.6 Å². The van der Waals surface area contributed by atoms with Gasteiger partial charge in [0.2, 0.25) is 0 Å². The molecule has 110 valence electrons. The quantitative estimate of drug-likeness (QED) is 0.833. The molecule has 0 spiro atoms. The van der Waals surface area contributed by atoms with E-state index in [0.717, 1.165) is 6.42 Å². The third kappa shape index (κ3) is 2.83. The van der Waals surface area contributed by atoms with Crippen LogP contribution in [0.15, 0.2) is 24.3 Å². The van der Waals surface area contributed by atoms with Gasteiger partial charge in [0.25, 0.3) is 0 Å². The summed E-state index contributed by atoms with van der Waals surface area (Å²) >= 11 is 0. The van der Waals surface area contributed by atoms with Crippen LogP contribution in [-0.4, -0.2) is 32.8 Å². The molecule has 5 heteroatoms. The predicted octanol–water partition coefficient (Wildman–Crippen LogP) is 1.62. The third-order valence-electron chi connectivity index (χ3n) is 3.96. The summed E-state index contributed by atoms with van der Waals surface area (Å²) in [7, 11) is 1.33. The first-order chi connectivity index (χ1) is 9.62. The fraction of sp³-hybridized carbons (Fsp3) is 0.533. The van der Waals surface area contributed by atoms with E-state index < -0.39 is 11.4 Å². The lowest BCUT2D eigenvalue weighted by Gasteiger charge is -2.32. The summed E-state index contributed by atoms with van der Waals surface area (Å²) in [6.07, 6.45) is 1.40. The first-order valence-corrected chi connectivity index (χ1v) is 6.74. The van der Waals surface area contributed by atoms with Gasteiger partial charge in [-0.1, -0.05) is 12.1 Å². The highest BCUT2D eigenvalue weighted by molar-refractivity contribution is 5.83. The molecule has 1 aromatic carbocycles. The van der Waals surface area contributed by atoms with E-state index in [1.807, 2.05) is 0 Å². The number of nitrogens with two attached hydrogens (primary N) is 1. The number of rotatable bonds is 5. The molecule has 20 heavy (non-hydrogen) atoms. The molecule has 1 fully saturated rings. The van der Waals surface area contributed by atoms with E-state index in [9.17, 15) is 9.18 Å². The molecular formula is C15H20FNO3.